The fourth-order valence-corrected chi connectivity index (χ4v) is 2.07. The zero-order valence-corrected chi connectivity index (χ0v) is 11.2. The first-order valence-corrected chi connectivity index (χ1v) is 5.87. The molecule has 7 heteroatoms. The number of nitro benzene ring substituents is 1. The van der Waals surface area contributed by atoms with Gasteiger partial charge in [-0.3, -0.25) is 10.1 Å². The Labute approximate surface area is 114 Å². The van der Waals surface area contributed by atoms with E-state index >= 15 is 0 Å². The van der Waals surface area contributed by atoms with Crippen LogP contribution in [0.4, 0.5) is 5.69 Å². The molecular weight excluding hydrogens is 262 g/mol. The van der Waals surface area contributed by atoms with Gasteiger partial charge in [0.1, 0.15) is 0 Å². The number of carboxylic acids is 1. The van der Waals surface area contributed by atoms with Crippen LogP contribution in [0.2, 0.25) is 0 Å². The fourth-order valence-electron chi connectivity index (χ4n) is 2.07. The van der Waals surface area contributed by atoms with Crippen LogP contribution < -0.4 is 0 Å². The van der Waals surface area contributed by atoms with Crippen LogP contribution in [-0.4, -0.2) is 25.8 Å². The number of benzene rings is 1. The van der Waals surface area contributed by atoms with E-state index in [0.717, 1.165) is 5.56 Å². The van der Waals surface area contributed by atoms with Crippen LogP contribution in [0.15, 0.2) is 18.3 Å². The second-order valence-electron chi connectivity index (χ2n) is 4.59. The molecule has 1 N–H and O–H groups in total. The van der Waals surface area contributed by atoms with Crippen LogP contribution in [0, 0.1) is 30.9 Å². The Morgan fingerprint density at radius 3 is 2.40 bits per heavy atom. The number of nitro groups is 1. The maximum Gasteiger partial charge on any atom is 0.356 e. The number of carbonyl (C=O) groups is 1. The molecule has 0 fully saturated rings. The standard InChI is InChI=1S/C13H13N3O4/c1-7-4-8(2)11(16(19)20)5-10(7)15-6-9(3)12(14-15)13(17)18/h4-6H,1-3H3,(H,17,18). The first-order chi connectivity index (χ1) is 9.31. The molecular formula is C13H13N3O4. The highest BCUT2D eigenvalue weighted by Crippen LogP contribution is 2.25. The highest BCUT2D eigenvalue weighted by molar-refractivity contribution is 5.86. The zero-order chi connectivity index (χ0) is 15.0. The number of rotatable bonds is 3. The second kappa shape index (κ2) is 4.76. The van der Waals surface area contributed by atoms with Crippen molar-refractivity contribution in [2.75, 3.05) is 0 Å². The number of aryl methyl sites for hydroxylation is 3. The van der Waals surface area contributed by atoms with Crippen molar-refractivity contribution in [3.05, 3.63) is 50.8 Å². The summed E-state index contributed by atoms with van der Waals surface area (Å²) in [7, 11) is 0. The van der Waals surface area contributed by atoms with Gasteiger partial charge in [-0.05, 0) is 32.4 Å². The van der Waals surface area contributed by atoms with Crippen LogP contribution in [-0.2, 0) is 0 Å². The molecule has 0 aliphatic heterocycles. The summed E-state index contributed by atoms with van der Waals surface area (Å²) in [6.07, 6.45) is 1.55. The molecule has 2 rings (SSSR count). The van der Waals surface area contributed by atoms with Crippen molar-refractivity contribution in [2.45, 2.75) is 20.8 Å². The minimum atomic E-state index is -1.12. The van der Waals surface area contributed by atoms with Crippen LogP contribution in [0.25, 0.3) is 5.69 Å². The van der Waals surface area contributed by atoms with Gasteiger partial charge in [0.05, 0.1) is 10.6 Å². The summed E-state index contributed by atoms with van der Waals surface area (Å²) in [6, 6.07) is 3.09. The molecule has 0 bridgehead atoms. The predicted molar refractivity (Wildman–Crippen MR) is 71.4 cm³/mol. The molecule has 0 atom stereocenters. The number of hydrogen-bond acceptors (Lipinski definition) is 4. The minimum absolute atomic E-state index is 0.0179. The van der Waals surface area contributed by atoms with Crippen LogP contribution >= 0.6 is 0 Å². The molecule has 1 aromatic heterocycles. The van der Waals surface area contributed by atoms with Gasteiger partial charge < -0.3 is 5.11 Å². The van der Waals surface area contributed by atoms with Gasteiger partial charge in [-0.25, -0.2) is 9.48 Å². The molecule has 0 amide bonds. The van der Waals surface area contributed by atoms with Crippen molar-refractivity contribution in [1.29, 1.82) is 0 Å². The van der Waals surface area contributed by atoms with Crippen LogP contribution in [0.1, 0.15) is 27.2 Å². The highest BCUT2D eigenvalue weighted by atomic mass is 16.6. The monoisotopic (exact) mass is 275 g/mol. The Morgan fingerprint density at radius 1 is 1.25 bits per heavy atom. The van der Waals surface area contributed by atoms with E-state index in [1.807, 2.05) is 0 Å². The van der Waals surface area contributed by atoms with Crippen molar-refractivity contribution >= 4 is 11.7 Å². The quantitative estimate of drug-likeness (QED) is 0.685. The molecule has 0 saturated heterocycles. The molecule has 1 heterocycles. The molecule has 1 aromatic carbocycles. The average Bonchev–Trinajstić information content (AvgIpc) is 2.70. The van der Waals surface area contributed by atoms with Crippen molar-refractivity contribution < 1.29 is 14.8 Å². The lowest BCUT2D eigenvalue weighted by Gasteiger charge is -2.07. The molecule has 104 valence electrons. The number of aromatic carboxylic acids is 1. The molecule has 20 heavy (non-hydrogen) atoms. The number of carboxylic acid groups (broad SMARTS) is 1. The van der Waals surface area contributed by atoms with E-state index in [-0.39, 0.29) is 11.4 Å². The fraction of sp³-hybridized carbons (Fsp3) is 0.231. The SMILES string of the molecule is Cc1cc(C)c([N+](=O)[O-])cc1-n1cc(C)c(C(=O)O)n1. The van der Waals surface area contributed by atoms with E-state index in [2.05, 4.69) is 5.10 Å². The predicted octanol–water partition coefficient (Wildman–Crippen LogP) is 2.40. The van der Waals surface area contributed by atoms with Crippen LogP contribution in [0.5, 0.6) is 0 Å². The molecule has 2 aromatic rings. The van der Waals surface area contributed by atoms with Gasteiger partial charge in [0, 0.05) is 23.4 Å². The Balaban J connectivity index is 2.63. The molecule has 7 nitrogen and oxygen atoms in total. The Kier molecular flexibility index (Phi) is 3.27. The van der Waals surface area contributed by atoms with Crippen molar-refractivity contribution in [3.8, 4) is 5.69 Å². The maximum absolute atomic E-state index is 11.0. The summed E-state index contributed by atoms with van der Waals surface area (Å²) in [5.74, 6) is -1.12. The van der Waals surface area contributed by atoms with Crippen molar-refractivity contribution in [2.24, 2.45) is 0 Å². The van der Waals surface area contributed by atoms with E-state index in [1.54, 1.807) is 33.0 Å². The molecule has 0 spiro atoms. The van der Waals surface area contributed by atoms with Gasteiger partial charge in [0.15, 0.2) is 5.69 Å². The number of aromatic nitrogens is 2. The maximum atomic E-state index is 11.0. The lowest BCUT2D eigenvalue weighted by atomic mass is 10.1. The number of nitrogens with zero attached hydrogens (tertiary/aromatic N) is 3. The zero-order valence-electron chi connectivity index (χ0n) is 11.2. The largest absolute Gasteiger partial charge is 0.476 e. The third-order valence-electron chi connectivity index (χ3n) is 3.06. The van der Waals surface area contributed by atoms with Gasteiger partial charge in [-0.1, -0.05) is 0 Å². The third-order valence-corrected chi connectivity index (χ3v) is 3.06. The van der Waals surface area contributed by atoms with Gasteiger partial charge in [-0.15, -0.1) is 0 Å². The molecule has 0 aliphatic rings. The topological polar surface area (TPSA) is 98.3 Å². The van der Waals surface area contributed by atoms with Crippen molar-refractivity contribution in [1.82, 2.24) is 9.78 Å². The summed E-state index contributed by atoms with van der Waals surface area (Å²) in [5, 5.41) is 23.9. The highest BCUT2D eigenvalue weighted by Gasteiger charge is 2.18. The Morgan fingerprint density at radius 2 is 1.90 bits per heavy atom. The lowest BCUT2D eigenvalue weighted by Crippen LogP contribution is -2.04. The minimum Gasteiger partial charge on any atom is -0.476 e. The lowest BCUT2D eigenvalue weighted by molar-refractivity contribution is -0.385. The van der Waals surface area contributed by atoms with Gasteiger partial charge in [0.2, 0.25) is 0 Å². The molecule has 0 unspecified atom stereocenters. The van der Waals surface area contributed by atoms with E-state index in [1.165, 1.54) is 10.7 Å². The van der Waals surface area contributed by atoms with Crippen LogP contribution in [0.3, 0.4) is 0 Å². The van der Waals surface area contributed by atoms with Gasteiger partial charge in [0.25, 0.3) is 5.69 Å². The third kappa shape index (κ3) is 2.25. The summed E-state index contributed by atoms with van der Waals surface area (Å²) in [4.78, 5) is 21.5. The normalized spacial score (nSPS) is 10.6. The average molecular weight is 275 g/mol. The molecule has 0 saturated carbocycles. The second-order valence-corrected chi connectivity index (χ2v) is 4.59. The van der Waals surface area contributed by atoms with E-state index in [0.29, 0.717) is 16.8 Å². The Bertz CT molecular complexity index is 719. The first kappa shape index (κ1) is 13.7. The first-order valence-electron chi connectivity index (χ1n) is 5.87. The van der Waals surface area contributed by atoms with E-state index in [9.17, 15) is 14.9 Å². The Hall–Kier alpha value is -2.70. The summed E-state index contributed by atoms with van der Waals surface area (Å²) < 4.78 is 1.36. The summed E-state index contributed by atoms with van der Waals surface area (Å²) in [5.41, 5.74) is 2.26. The number of hydrogen-bond donors (Lipinski definition) is 1. The van der Waals surface area contributed by atoms with Gasteiger partial charge in [-0.2, -0.15) is 5.10 Å². The summed E-state index contributed by atoms with van der Waals surface area (Å²) in [6.45, 7) is 5.08. The summed E-state index contributed by atoms with van der Waals surface area (Å²) >= 11 is 0. The molecule has 0 aliphatic carbocycles. The van der Waals surface area contributed by atoms with Gasteiger partial charge >= 0.3 is 5.97 Å². The van der Waals surface area contributed by atoms with Crippen molar-refractivity contribution in [3.63, 3.8) is 0 Å². The smallest absolute Gasteiger partial charge is 0.356 e. The van der Waals surface area contributed by atoms with E-state index < -0.39 is 10.9 Å². The van der Waals surface area contributed by atoms with E-state index in [4.69, 9.17) is 5.11 Å². The molecule has 0 radical (unpaired) electrons.